The van der Waals surface area contributed by atoms with E-state index in [9.17, 15) is 20.0 Å². The van der Waals surface area contributed by atoms with Crippen LogP contribution in [0.3, 0.4) is 0 Å². The Labute approximate surface area is 131 Å². The van der Waals surface area contributed by atoms with Gasteiger partial charge in [0.15, 0.2) is 0 Å². The smallest absolute Gasteiger partial charge is 0.273 e. The Kier molecular flexibility index (Phi) is 3.67. The van der Waals surface area contributed by atoms with Gasteiger partial charge in [-0.1, -0.05) is 24.3 Å². The maximum atomic E-state index is 12.7. The van der Waals surface area contributed by atoms with E-state index in [0.29, 0.717) is 16.6 Å². The molecule has 0 atom stereocenters. The lowest BCUT2D eigenvalue weighted by Gasteiger charge is -2.05. The highest BCUT2D eigenvalue weighted by molar-refractivity contribution is 6.03. The number of fused-ring (bicyclic) bond motifs is 1. The molecule has 6 nitrogen and oxygen atoms in total. The van der Waals surface area contributed by atoms with Gasteiger partial charge >= 0.3 is 0 Å². The molecule has 0 radical (unpaired) electrons. The van der Waals surface area contributed by atoms with Crippen molar-refractivity contribution in [1.82, 2.24) is 4.57 Å². The maximum Gasteiger partial charge on any atom is 0.273 e. The molecule has 0 saturated carbocycles. The highest BCUT2D eigenvalue weighted by Gasteiger charge is 2.18. The van der Waals surface area contributed by atoms with E-state index < -0.39 is 4.92 Å². The van der Waals surface area contributed by atoms with Gasteiger partial charge in [-0.25, -0.2) is 0 Å². The van der Waals surface area contributed by atoms with Crippen LogP contribution in [0.25, 0.3) is 10.9 Å². The van der Waals surface area contributed by atoms with Crippen molar-refractivity contribution in [3.63, 3.8) is 0 Å². The number of nitrogens with zero attached hydrogens (tertiary/aromatic N) is 2. The largest absolute Gasteiger partial charge is 0.392 e. The molecule has 0 aliphatic carbocycles. The summed E-state index contributed by atoms with van der Waals surface area (Å²) in [5, 5.41) is 21.3. The molecule has 0 saturated heterocycles. The second kappa shape index (κ2) is 5.66. The van der Waals surface area contributed by atoms with E-state index in [-0.39, 0.29) is 23.8 Å². The number of aryl methyl sites for hydroxylation is 1. The number of carbonyl (C=O) groups is 1. The normalized spacial score (nSPS) is 10.9. The van der Waals surface area contributed by atoms with Gasteiger partial charge in [-0.05, 0) is 19.1 Å². The van der Waals surface area contributed by atoms with E-state index in [1.165, 1.54) is 10.6 Å². The van der Waals surface area contributed by atoms with Crippen molar-refractivity contribution in [3.05, 3.63) is 75.5 Å². The summed E-state index contributed by atoms with van der Waals surface area (Å²) in [6, 6.07) is 11.6. The van der Waals surface area contributed by atoms with Crippen LogP contribution >= 0.6 is 0 Å². The van der Waals surface area contributed by atoms with E-state index in [1.807, 2.05) is 12.1 Å². The molecule has 116 valence electrons. The van der Waals surface area contributed by atoms with Crippen LogP contribution in [0.4, 0.5) is 5.69 Å². The van der Waals surface area contributed by atoms with Crippen LogP contribution in [0, 0.1) is 17.0 Å². The number of para-hydroxylation sites is 1. The molecule has 0 spiro atoms. The van der Waals surface area contributed by atoms with Crippen molar-refractivity contribution in [3.8, 4) is 0 Å². The van der Waals surface area contributed by atoms with Crippen LogP contribution in [0.2, 0.25) is 0 Å². The number of nitro benzene ring substituents is 1. The minimum Gasteiger partial charge on any atom is -0.392 e. The van der Waals surface area contributed by atoms with E-state index >= 15 is 0 Å². The molecule has 0 aliphatic heterocycles. The van der Waals surface area contributed by atoms with Crippen LogP contribution in [-0.2, 0) is 6.61 Å². The third-order valence-electron chi connectivity index (χ3n) is 3.84. The molecule has 3 aromatic rings. The minimum atomic E-state index is -0.501. The highest BCUT2D eigenvalue weighted by atomic mass is 16.6. The molecular weight excluding hydrogens is 296 g/mol. The van der Waals surface area contributed by atoms with Gasteiger partial charge in [-0.15, -0.1) is 0 Å². The first-order valence-electron chi connectivity index (χ1n) is 7.02. The maximum absolute atomic E-state index is 12.7. The second-order valence-corrected chi connectivity index (χ2v) is 5.26. The number of hydrogen-bond acceptors (Lipinski definition) is 4. The zero-order chi connectivity index (χ0) is 16.6. The zero-order valence-corrected chi connectivity index (χ0v) is 12.4. The number of aromatic nitrogens is 1. The molecule has 6 heteroatoms. The van der Waals surface area contributed by atoms with Gasteiger partial charge in [0.2, 0.25) is 0 Å². The summed E-state index contributed by atoms with van der Waals surface area (Å²) in [5.41, 5.74) is 1.93. The Hall–Kier alpha value is -2.99. The van der Waals surface area contributed by atoms with Gasteiger partial charge in [0.05, 0.1) is 17.0 Å². The summed E-state index contributed by atoms with van der Waals surface area (Å²) in [6.07, 6.45) is 1.57. The van der Waals surface area contributed by atoms with E-state index in [2.05, 4.69) is 0 Å². The molecule has 23 heavy (non-hydrogen) atoms. The summed E-state index contributed by atoms with van der Waals surface area (Å²) in [7, 11) is 0. The first kappa shape index (κ1) is 14.9. The number of aliphatic hydroxyl groups excluding tert-OH is 1. The first-order chi connectivity index (χ1) is 11.0. The average molecular weight is 310 g/mol. The van der Waals surface area contributed by atoms with Gasteiger partial charge in [0.25, 0.3) is 11.6 Å². The Morgan fingerprint density at radius 3 is 2.70 bits per heavy atom. The van der Waals surface area contributed by atoms with Crippen LogP contribution in [0.15, 0.2) is 48.7 Å². The fraction of sp³-hybridized carbons (Fsp3) is 0.118. The predicted molar refractivity (Wildman–Crippen MR) is 85.4 cm³/mol. The number of hydrogen-bond donors (Lipinski definition) is 1. The van der Waals surface area contributed by atoms with Crippen molar-refractivity contribution in [2.45, 2.75) is 13.5 Å². The lowest BCUT2D eigenvalue weighted by atomic mass is 10.1. The fourth-order valence-electron chi connectivity index (χ4n) is 2.62. The van der Waals surface area contributed by atoms with E-state index in [1.54, 1.807) is 37.4 Å². The summed E-state index contributed by atoms with van der Waals surface area (Å²) in [6.45, 7) is 1.44. The number of rotatable bonds is 3. The summed E-state index contributed by atoms with van der Waals surface area (Å²) in [4.78, 5) is 23.3. The Morgan fingerprint density at radius 2 is 2.00 bits per heavy atom. The third-order valence-corrected chi connectivity index (χ3v) is 3.84. The van der Waals surface area contributed by atoms with Crippen molar-refractivity contribution >= 4 is 22.5 Å². The second-order valence-electron chi connectivity index (χ2n) is 5.26. The summed E-state index contributed by atoms with van der Waals surface area (Å²) < 4.78 is 1.41. The molecule has 1 aromatic heterocycles. The molecule has 0 amide bonds. The van der Waals surface area contributed by atoms with Crippen molar-refractivity contribution in [2.75, 3.05) is 0 Å². The van der Waals surface area contributed by atoms with Crippen molar-refractivity contribution in [2.24, 2.45) is 0 Å². The number of carbonyl (C=O) groups excluding carboxylic acids is 1. The lowest BCUT2D eigenvalue weighted by Crippen LogP contribution is -2.11. The molecule has 0 aliphatic rings. The highest BCUT2D eigenvalue weighted by Crippen LogP contribution is 2.24. The van der Waals surface area contributed by atoms with Gasteiger partial charge in [-0.3, -0.25) is 19.5 Å². The van der Waals surface area contributed by atoms with Crippen LogP contribution in [0.1, 0.15) is 21.5 Å². The van der Waals surface area contributed by atoms with E-state index in [4.69, 9.17) is 0 Å². The number of aliphatic hydroxyl groups is 1. The third kappa shape index (κ3) is 2.49. The monoisotopic (exact) mass is 310 g/mol. The van der Waals surface area contributed by atoms with Gasteiger partial charge in [0.1, 0.15) is 0 Å². The number of nitro groups is 1. The Bertz CT molecular complexity index is 927. The van der Waals surface area contributed by atoms with Crippen LogP contribution in [0.5, 0.6) is 0 Å². The summed E-state index contributed by atoms with van der Waals surface area (Å²) >= 11 is 0. The van der Waals surface area contributed by atoms with Gasteiger partial charge < -0.3 is 5.11 Å². The van der Waals surface area contributed by atoms with Gasteiger partial charge in [0, 0.05) is 34.3 Å². The standard InChI is InChI=1S/C17H14N2O4/c1-11-6-7-12(8-16(11)19(22)23)17(21)18-9-13(10-20)14-4-2-3-5-15(14)18/h2-9,20H,10H2,1H3. The molecule has 2 aromatic carbocycles. The lowest BCUT2D eigenvalue weighted by molar-refractivity contribution is -0.385. The Morgan fingerprint density at radius 1 is 1.26 bits per heavy atom. The molecular formula is C17H14N2O4. The van der Waals surface area contributed by atoms with E-state index in [0.717, 1.165) is 5.39 Å². The average Bonchev–Trinajstić information content (AvgIpc) is 2.93. The molecule has 1 heterocycles. The topological polar surface area (TPSA) is 85.4 Å². The zero-order valence-electron chi connectivity index (χ0n) is 12.4. The quantitative estimate of drug-likeness (QED) is 0.595. The molecule has 3 rings (SSSR count). The van der Waals surface area contributed by atoms with Crippen molar-refractivity contribution in [1.29, 1.82) is 0 Å². The minimum absolute atomic E-state index is 0.0882. The molecule has 0 bridgehead atoms. The SMILES string of the molecule is Cc1ccc(C(=O)n2cc(CO)c3ccccc32)cc1[N+](=O)[O-]. The summed E-state index contributed by atoms with van der Waals surface area (Å²) in [5.74, 6) is -0.371. The van der Waals surface area contributed by atoms with Gasteiger partial charge in [-0.2, -0.15) is 0 Å². The fourth-order valence-corrected chi connectivity index (χ4v) is 2.62. The van der Waals surface area contributed by atoms with Crippen LogP contribution in [-0.4, -0.2) is 20.5 Å². The number of benzene rings is 2. The molecule has 0 fully saturated rings. The predicted octanol–water partition coefficient (Wildman–Crippen LogP) is 3.04. The first-order valence-corrected chi connectivity index (χ1v) is 7.02. The Balaban J connectivity index is 2.15. The molecule has 0 unspecified atom stereocenters. The van der Waals surface area contributed by atoms with Crippen LogP contribution < -0.4 is 0 Å². The molecule has 1 N–H and O–H groups in total. The van der Waals surface area contributed by atoms with Crippen molar-refractivity contribution < 1.29 is 14.8 Å².